The fraction of sp³-hybridized carbons (Fsp3) is 0. The van der Waals surface area contributed by atoms with Crippen LogP contribution >= 0.6 is 11.3 Å². The molecular weight excluding hydrogens is 757 g/mol. The maximum Gasteiger partial charge on any atom is 0.0640 e. The van der Waals surface area contributed by atoms with E-state index in [9.17, 15) is 0 Å². The second-order valence-electron chi connectivity index (χ2n) is 15.7. The van der Waals surface area contributed by atoms with Crippen molar-refractivity contribution in [3.8, 4) is 39.1 Å². The van der Waals surface area contributed by atoms with Crippen LogP contribution in [-0.2, 0) is 0 Å². The first kappa shape index (κ1) is 35.2. The number of hydrogen-bond acceptors (Lipinski definition) is 2. The summed E-state index contributed by atoms with van der Waals surface area (Å²) in [5, 5.41) is 7.57. The smallest absolute Gasteiger partial charge is 0.0640 e. The van der Waals surface area contributed by atoms with Gasteiger partial charge in [0.15, 0.2) is 0 Å². The summed E-state index contributed by atoms with van der Waals surface area (Å²) in [5.41, 5.74) is 14.1. The van der Waals surface area contributed by atoms with Gasteiger partial charge in [-0.1, -0.05) is 170 Å². The van der Waals surface area contributed by atoms with Gasteiger partial charge in [-0.3, -0.25) is 0 Å². The average Bonchev–Trinajstić information content (AvgIpc) is 3.88. The van der Waals surface area contributed by atoms with Crippen LogP contribution in [-0.4, -0.2) is 4.57 Å². The van der Waals surface area contributed by atoms with Crippen LogP contribution in [0.3, 0.4) is 0 Å². The van der Waals surface area contributed by atoms with Gasteiger partial charge in [-0.05, 0) is 93.7 Å². The Morgan fingerprint density at radius 3 is 1.74 bits per heavy atom. The molecule has 0 unspecified atom stereocenters. The quantitative estimate of drug-likeness (QED) is 0.156. The van der Waals surface area contributed by atoms with Gasteiger partial charge < -0.3 is 9.47 Å². The Hall–Kier alpha value is -7.72. The maximum absolute atomic E-state index is 2.46. The summed E-state index contributed by atoms with van der Waals surface area (Å²) in [4.78, 5) is 2.46. The lowest BCUT2D eigenvalue weighted by atomic mass is 9.97. The first-order valence-electron chi connectivity index (χ1n) is 20.8. The van der Waals surface area contributed by atoms with Crippen LogP contribution in [0.15, 0.2) is 231 Å². The van der Waals surface area contributed by atoms with Gasteiger partial charge in [-0.25, -0.2) is 0 Å². The second kappa shape index (κ2) is 14.5. The van der Waals surface area contributed by atoms with Crippen molar-refractivity contribution < 1.29 is 0 Å². The molecule has 0 aliphatic heterocycles. The Labute approximate surface area is 358 Å². The van der Waals surface area contributed by atoms with E-state index >= 15 is 0 Å². The number of aromatic nitrogens is 1. The van der Waals surface area contributed by atoms with Crippen molar-refractivity contribution in [3.05, 3.63) is 231 Å². The molecule has 0 N–H and O–H groups in total. The lowest BCUT2D eigenvalue weighted by molar-refractivity contribution is 1.18. The molecule has 2 heterocycles. The molecule has 61 heavy (non-hydrogen) atoms. The van der Waals surface area contributed by atoms with E-state index < -0.39 is 0 Å². The molecule has 0 spiro atoms. The van der Waals surface area contributed by atoms with Crippen LogP contribution in [0, 0.1) is 0 Å². The predicted octanol–water partition coefficient (Wildman–Crippen LogP) is 16.8. The molecule has 3 heteroatoms. The highest BCUT2D eigenvalue weighted by atomic mass is 32.1. The highest BCUT2D eigenvalue weighted by molar-refractivity contribution is 7.26. The molecule has 2 aromatic heterocycles. The topological polar surface area (TPSA) is 8.17 Å². The van der Waals surface area contributed by atoms with Crippen molar-refractivity contribution >= 4 is 81.1 Å². The molecule has 0 aliphatic rings. The fourth-order valence-electron chi connectivity index (χ4n) is 9.35. The Bertz CT molecular complexity index is 3560. The Morgan fingerprint density at radius 2 is 0.918 bits per heavy atom. The Kier molecular flexibility index (Phi) is 8.39. The Morgan fingerprint density at radius 1 is 0.344 bits per heavy atom. The SMILES string of the molecule is c1cc(-c2ccc(N(c3ccccc3-c3ccc4ccccc4c3)c3cccc4c3sc3ccccc34)cc2)cc(-c2ccccc2-n2c3ccccc3c3ccccc32)c1. The number of anilines is 3. The molecule has 0 atom stereocenters. The van der Waals surface area contributed by atoms with Gasteiger partial charge in [0.1, 0.15) is 0 Å². The van der Waals surface area contributed by atoms with Gasteiger partial charge in [-0.15, -0.1) is 11.3 Å². The van der Waals surface area contributed by atoms with Crippen molar-refractivity contribution in [2.24, 2.45) is 0 Å². The molecule has 0 bridgehead atoms. The summed E-state index contributed by atoms with van der Waals surface area (Å²) < 4.78 is 4.99. The van der Waals surface area contributed by atoms with Crippen molar-refractivity contribution in [2.45, 2.75) is 0 Å². The minimum Gasteiger partial charge on any atom is -0.309 e. The monoisotopic (exact) mass is 794 g/mol. The normalized spacial score (nSPS) is 11.6. The number of nitrogens with zero attached hydrogens (tertiary/aromatic N) is 2. The lowest BCUT2D eigenvalue weighted by Crippen LogP contribution is -2.11. The second-order valence-corrected chi connectivity index (χ2v) is 16.7. The van der Waals surface area contributed by atoms with Gasteiger partial charge in [0.05, 0.1) is 32.8 Å². The third-order valence-corrected chi connectivity index (χ3v) is 13.4. The summed E-state index contributed by atoms with van der Waals surface area (Å²) >= 11 is 1.87. The van der Waals surface area contributed by atoms with Crippen LogP contribution < -0.4 is 4.90 Å². The number of thiophene rings is 1. The van der Waals surface area contributed by atoms with E-state index in [-0.39, 0.29) is 0 Å². The van der Waals surface area contributed by atoms with Gasteiger partial charge in [0.2, 0.25) is 0 Å². The lowest BCUT2D eigenvalue weighted by Gasteiger charge is -2.28. The van der Waals surface area contributed by atoms with Crippen LogP contribution in [0.2, 0.25) is 0 Å². The molecular formula is C58H38N2S. The first-order chi connectivity index (χ1) is 30.3. The molecule has 0 radical (unpaired) electrons. The summed E-state index contributed by atoms with van der Waals surface area (Å²) in [6, 6.07) is 84.2. The Balaban J connectivity index is 0.986. The molecule has 0 saturated carbocycles. The maximum atomic E-state index is 2.46. The summed E-state index contributed by atoms with van der Waals surface area (Å²) in [6.07, 6.45) is 0. The molecule has 2 nitrogen and oxygen atoms in total. The largest absolute Gasteiger partial charge is 0.309 e. The summed E-state index contributed by atoms with van der Waals surface area (Å²) in [5.74, 6) is 0. The number of hydrogen-bond donors (Lipinski definition) is 0. The minimum absolute atomic E-state index is 1.11. The van der Waals surface area contributed by atoms with E-state index in [1.807, 2.05) is 11.3 Å². The number of fused-ring (bicyclic) bond motifs is 7. The van der Waals surface area contributed by atoms with E-state index in [0.717, 1.165) is 11.4 Å². The van der Waals surface area contributed by atoms with Crippen LogP contribution in [0.1, 0.15) is 0 Å². The fourth-order valence-corrected chi connectivity index (χ4v) is 10.6. The van der Waals surface area contributed by atoms with Crippen molar-refractivity contribution in [1.29, 1.82) is 0 Å². The highest BCUT2D eigenvalue weighted by Gasteiger charge is 2.22. The van der Waals surface area contributed by atoms with Crippen molar-refractivity contribution in [3.63, 3.8) is 0 Å². The summed E-state index contributed by atoms with van der Waals surface area (Å²) in [7, 11) is 0. The molecule has 286 valence electrons. The summed E-state index contributed by atoms with van der Waals surface area (Å²) in [6.45, 7) is 0. The minimum atomic E-state index is 1.11. The van der Waals surface area contributed by atoms with Crippen LogP contribution in [0.5, 0.6) is 0 Å². The molecule has 0 aliphatic carbocycles. The number of para-hydroxylation sites is 4. The molecule has 12 rings (SSSR count). The van der Waals surface area contributed by atoms with E-state index in [4.69, 9.17) is 0 Å². The van der Waals surface area contributed by atoms with Crippen molar-refractivity contribution in [1.82, 2.24) is 4.57 Å². The van der Waals surface area contributed by atoms with Crippen LogP contribution in [0.4, 0.5) is 17.1 Å². The zero-order valence-corrected chi connectivity index (χ0v) is 34.1. The number of benzene rings is 10. The first-order valence-corrected chi connectivity index (χ1v) is 21.7. The zero-order valence-electron chi connectivity index (χ0n) is 33.2. The molecule has 12 aromatic rings. The van der Waals surface area contributed by atoms with E-state index in [0.29, 0.717) is 0 Å². The van der Waals surface area contributed by atoms with E-state index in [1.54, 1.807) is 0 Å². The highest BCUT2D eigenvalue weighted by Crippen LogP contribution is 2.48. The molecule has 0 saturated heterocycles. The average molecular weight is 795 g/mol. The van der Waals surface area contributed by atoms with Gasteiger partial charge in [0, 0.05) is 43.1 Å². The molecule has 10 aromatic carbocycles. The standard InChI is InChI=1S/C58H38N2S/c1-2-16-41-38-44(32-31-39(41)15-1)47-20-3-8-25-52(47)59(56-29-14-24-51-50-23-7-12-30-57(50)61-58(51)56)45-35-33-40(34-36-45)42-17-13-18-43(37-42)46-19-4-9-26-53(46)60-54-27-10-5-21-48(54)49-22-6-11-28-55(49)60/h1-38H. The van der Waals surface area contributed by atoms with Crippen LogP contribution in [0.25, 0.3) is 91.8 Å². The van der Waals surface area contributed by atoms with E-state index in [2.05, 4.69) is 240 Å². The third kappa shape index (κ3) is 5.93. The molecule has 0 amide bonds. The number of rotatable bonds is 7. The predicted molar refractivity (Wildman–Crippen MR) is 262 cm³/mol. The van der Waals surface area contributed by atoms with Crippen molar-refractivity contribution in [2.75, 3.05) is 4.90 Å². The zero-order chi connectivity index (χ0) is 40.3. The van der Waals surface area contributed by atoms with Gasteiger partial charge in [-0.2, -0.15) is 0 Å². The third-order valence-electron chi connectivity index (χ3n) is 12.2. The van der Waals surface area contributed by atoms with E-state index in [1.165, 1.54) is 97.5 Å². The van der Waals surface area contributed by atoms with Gasteiger partial charge in [0.25, 0.3) is 0 Å². The molecule has 0 fully saturated rings. The van der Waals surface area contributed by atoms with Gasteiger partial charge >= 0.3 is 0 Å².